The number of thioether (sulfide) groups is 1. The normalized spacial score (nSPS) is 18.6. The lowest BCUT2D eigenvalue weighted by molar-refractivity contribution is 0.223. The molecule has 0 aliphatic carbocycles. The second-order valence-electron chi connectivity index (χ2n) is 7.85. The molecule has 2 aliphatic rings. The average molecular weight is 477 g/mol. The third kappa shape index (κ3) is 3.39. The van der Waals surface area contributed by atoms with Gasteiger partial charge in [-0.05, 0) is 59.8 Å². The maximum absolute atomic E-state index is 13.8. The van der Waals surface area contributed by atoms with Crippen molar-refractivity contribution in [2.75, 3.05) is 11.6 Å². The molecular formula is C25H18ClFN4OS. The van der Waals surface area contributed by atoms with E-state index < -0.39 is 0 Å². The Hall–Kier alpha value is -3.29. The average Bonchev–Trinajstić information content (AvgIpc) is 3.31. The van der Waals surface area contributed by atoms with Crippen LogP contribution >= 0.6 is 23.4 Å². The summed E-state index contributed by atoms with van der Waals surface area (Å²) < 4.78 is 22.2. The van der Waals surface area contributed by atoms with Crippen molar-refractivity contribution in [1.29, 1.82) is 0 Å². The lowest BCUT2D eigenvalue weighted by Crippen LogP contribution is -2.32. The van der Waals surface area contributed by atoms with Crippen molar-refractivity contribution in [1.82, 2.24) is 14.8 Å². The highest BCUT2D eigenvalue weighted by Crippen LogP contribution is 2.51. The molecule has 0 fully saturated rings. The monoisotopic (exact) mass is 476 g/mol. The zero-order valence-corrected chi connectivity index (χ0v) is 19.1. The molecule has 2 aliphatic heterocycles. The summed E-state index contributed by atoms with van der Waals surface area (Å²) in [5.74, 6) is 1.05. The number of nitrogens with one attached hydrogen (secondary N) is 1. The van der Waals surface area contributed by atoms with Crippen LogP contribution in [0.1, 0.15) is 28.8 Å². The van der Waals surface area contributed by atoms with Crippen molar-refractivity contribution in [3.8, 4) is 5.75 Å². The van der Waals surface area contributed by atoms with Crippen LogP contribution in [-0.2, 0) is 0 Å². The number of hydrogen-bond acceptors (Lipinski definition) is 5. The Bertz CT molecular complexity index is 1380. The molecule has 0 unspecified atom stereocenters. The van der Waals surface area contributed by atoms with Gasteiger partial charge in [0.2, 0.25) is 5.95 Å². The number of fused-ring (bicyclic) bond motifs is 3. The van der Waals surface area contributed by atoms with Crippen molar-refractivity contribution in [3.05, 3.63) is 106 Å². The van der Waals surface area contributed by atoms with Gasteiger partial charge >= 0.3 is 0 Å². The molecule has 5 nitrogen and oxygen atoms in total. The number of rotatable bonds is 3. The Kier molecular flexibility index (Phi) is 4.89. The number of ether oxygens (including phenoxy) is 1. The maximum Gasteiger partial charge on any atom is 0.226 e. The first kappa shape index (κ1) is 20.3. The molecule has 0 spiro atoms. The molecule has 0 saturated heterocycles. The molecule has 6 rings (SSSR count). The number of anilines is 1. The van der Waals surface area contributed by atoms with Gasteiger partial charge in [0.05, 0.1) is 5.70 Å². The van der Waals surface area contributed by atoms with Crippen molar-refractivity contribution in [2.45, 2.75) is 17.0 Å². The molecule has 1 N–H and O–H groups in total. The summed E-state index contributed by atoms with van der Waals surface area (Å²) in [5, 5.41) is 8.55. The Morgan fingerprint density at radius 2 is 1.79 bits per heavy atom. The van der Waals surface area contributed by atoms with Gasteiger partial charge in [-0.3, -0.25) is 0 Å². The molecule has 0 bridgehead atoms. The second kappa shape index (κ2) is 7.93. The quantitative estimate of drug-likeness (QED) is 0.349. The second-order valence-corrected chi connectivity index (χ2v) is 9.17. The molecule has 4 aromatic rings. The largest absolute Gasteiger partial charge is 0.480 e. The van der Waals surface area contributed by atoms with E-state index in [4.69, 9.17) is 16.3 Å². The third-order valence-corrected chi connectivity index (χ3v) is 6.96. The van der Waals surface area contributed by atoms with Crippen LogP contribution in [0.25, 0.3) is 5.70 Å². The van der Waals surface area contributed by atoms with Crippen molar-refractivity contribution in [3.63, 3.8) is 0 Å². The van der Waals surface area contributed by atoms with Crippen LogP contribution < -0.4 is 10.1 Å². The molecule has 164 valence electrons. The number of nitrogens with zero attached hydrogens (tertiary/aromatic N) is 3. The summed E-state index contributed by atoms with van der Waals surface area (Å²) >= 11 is 8.05. The molecule has 2 atom stereocenters. The fourth-order valence-electron chi connectivity index (χ4n) is 4.46. The van der Waals surface area contributed by atoms with E-state index >= 15 is 0 Å². The predicted molar refractivity (Wildman–Crippen MR) is 128 cm³/mol. The Morgan fingerprint density at radius 3 is 2.55 bits per heavy atom. The molecule has 0 radical (unpaired) electrons. The number of hydrogen-bond donors (Lipinski definition) is 1. The first-order valence-electron chi connectivity index (χ1n) is 10.4. The van der Waals surface area contributed by atoms with Crippen molar-refractivity contribution >= 4 is 35.0 Å². The highest BCUT2D eigenvalue weighted by atomic mass is 35.5. The zero-order chi connectivity index (χ0) is 22.5. The Balaban J connectivity index is 1.61. The van der Waals surface area contributed by atoms with Crippen LogP contribution in [-0.4, -0.2) is 21.0 Å². The van der Waals surface area contributed by atoms with E-state index in [1.807, 2.05) is 22.9 Å². The van der Waals surface area contributed by atoms with Crippen LogP contribution in [0.4, 0.5) is 10.3 Å². The van der Waals surface area contributed by atoms with Gasteiger partial charge in [0.15, 0.2) is 0 Å². The van der Waals surface area contributed by atoms with Crippen LogP contribution in [0.5, 0.6) is 5.75 Å². The molecule has 0 saturated carbocycles. The van der Waals surface area contributed by atoms with Gasteiger partial charge in [0.1, 0.15) is 30.0 Å². The van der Waals surface area contributed by atoms with E-state index in [1.54, 1.807) is 23.9 Å². The van der Waals surface area contributed by atoms with E-state index in [-0.39, 0.29) is 18.0 Å². The third-order valence-electron chi connectivity index (χ3n) is 5.98. The smallest absolute Gasteiger partial charge is 0.226 e. The Morgan fingerprint density at radius 1 is 1.03 bits per heavy atom. The fourth-order valence-corrected chi connectivity index (χ4v) is 5.04. The molecule has 8 heteroatoms. The fraction of sp³-hybridized carbons (Fsp3) is 0.120. The summed E-state index contributed by atoms with van der Waals surface area (Å²) in [6.45, 7) is 0. The highest BCUT2D eigenvalue weighted by molar-refractivity contribution is 7.98. The van der Waals surface area contributed by atoms with Crippen LogP contribution in [0.15, 0.2) is 83.5 Å². The summed E-state index contributed by atoms with van der Waals surface area (Å²) in [4.78, 5) is 5.59. The van der Waals surface area contributed by atoms with E-state index in [2.05, 4.69) is 45.9 Å². The maximum atomic E-state index is 13.8. The van der Waals surface area contributed by atoms with E-state index in [0.717, 1.165) is 33.7 Å². The highest BCUT2D eigenvalue weighted by Gasteiger charge is 2.41. The summed E-state index contributed by atoms with van der Waals surface area (Å²) in [7, 11) is 0. The van der Waals surface area contributed by atoms with Gasteiger partial charge in [-0.15, -0.1) is 11.8 Å². The molecule has 3 aromatic carbocycles. The first-order valence-corrected chi connectivity index (χ1v) is 12.0. The van der Waals surface area contributed by atoms with Gasteiger partial charge in [0, 0.05) is 21.1 Å². The first-order chi connectivity index (χ1) is 16.1. The molecule has 3 heterocycles. The summed E-state index contributed by atoms with van der Waals surface area (Å²) in [5.41, 5.74) is 4.60. The summed E-state index contributed by atoms with van der Waals surface area (Å²) in [6.07, 6.45) is 3.18. The van der Waals surface area contributed by atoms with Crippen LogP contribution in [0.2, 0.25) is 5.02 Å². The molecule has 1 aromatic heterocycles. The molecular weight excluding hydrogens is 459 g/mol. The lowest BCUT2D eigenvalue weighted by atomic mass is 9.84. The minimum atomic E-state index is -0.385. The number of halogens is 2. The Labute approximate surface area is 199 Å². The number of aromatic nitrogens is 3. The van der Waals surface area contributed by atoms with E-state index in [9.17, 15) is 4.39 Å². The van der Waals surface area contributed by atoms with Crippen LogP contribution in [0.3, 0.4) is 0 Å². The van der Waals surface area contributed by atoms with E-state index in [1.165, 1.54) is 23.4 Å². The lowest BCUT2D eigenvalue weighted by Gasteiger charge is -2.39. The zero-order valence-electron chi connectivity index (χ0n) is 17.5. The van der Waals surface area contributed by atoms with Gasteiger partial charge in [-0.2, -0.15) is 10.1 Å². The minimum Gasteiger partial charge on any atom is -0.480 e. The molecule has 33 heavy (non-hydrogen) atoms. The standard InChI is InChI=1S/C25H18ClFN4OS/c1-33-18-9-4-15(5-10-18)24-21-22(19-12-16(26)6-11-20(19)32-24)30-25-28-13-29-31(25)23(21)14-2-7-17(27)8-3-14/h2-13,23-24H,1H3,(H,28,29,30)/t23-,24-/m1/s1. The van der Waals surface area contributed by atoms with Gasteiger partial charge < -0.3 is 10.1 Å². The molecule has 0 amide bonds. The van der Waals surface area contributed by atoms with Crippen LogP contribution in [0, 0.1) is 5.82 Å². The summed E-state index contributed by atoms with van der Waals surface area (Å²) in [6, 6.07) is 20.1. The topological polar surface area (TPSA) is 52.0 Å². The minimum absolute atomic E-state index is 0.290. The predicted octanol–water partition coefficient (Wildman–Crippen LogP) is 6.35. The number of benzene rings is 3. The van der Waals surface area contributed by atoms with Gasteiger partial charge in [0.25, 0.3) is 0 Å². The van der Waals surface area contributed by atoms with Gasteiger partial charge in [-0.25, -0.2) is 9.07 Å². The SMILES string of the molecule is CSc1ccc([C@H]2Oc3ccc(Cl)cc3C3=C2[C@@H](c2ccc(F)cc2)n2ncnc2N3)cc1. The van der Waals surface area contributed by atoms with Gasteiger partial charge in [-0.1, -0.05) is 35.9 Å². The van der Waals surface area contributed by atoms with Crippen molar-refractivity contribution in [2.24, 2.45) is 0 Å². The van der Waals surface area contributed by atoms with Crippen molar-refractivity contribution < 1.29 is 9.13 Å². The van der Waals surface area contributed by atoms with E-state index in [0.29, 0.717) is 11.0 Å².